The van der Waals surface area contributed by atoms with E-state index in [2.05, 4.69) is 31.0 Å². The maximum Gasteiger partial charge on any atom is 0.333 e. The fourth-order valence-corrected chi connectivity index (χ4v) is 1.76. The van der Waals surface area contributed by atoms with Crippen LogP contribution in [0.3, 0.4) is 0 Å². The maximum absolute atomic E-state index is 11.1. The molecule has 0 atom stereocenters. The molecule has 0 aliphatic carbocycles. The highest BCUT2D eigenvalue weighted by atomic mass is 16.6. The predicted octanol–water partition coefficient (Wildman–Crippen LogP) is 0.635. The highest BCUT2D eigenvalue weighted by molar-refractivity contribution is 5.59. The molecule has 0 aliphatic heterocycles. The second kappa shape index (κ2) is 5.42. The molecule has 2 heterocycles. The molecule has 2 aromatic heterocycles. The molecule has 10 nitrogen and oxygen atoms in total. The molecular formula is C9H14N8O2. The van der Waals surface area contributed by atoms with Crippen molar-refractivity contribution in [3.8, 4) is 0 Å². The van der Waals surface area contributed by atoms with E-state index in [1.807, 2.05) is 6.92 Å². The van der Waals surface area contributed by atoms with Crippen LogP contribution in [0.4, 0.5) is 11.5 Å². The first-order valence-corrected chi connectivity index (χ1v) is 5.81. The zero-order chi connectivity index (χ0) is 13.8. The first-order valence-electron chi connectivity index (χ1n) is 5.81. The Balaban J connectivity index is 2.27. The average Bonchev–Trinajstić information content (AvgIpc) is 2.95. The number of aromatic amines is 1. The molecule has 0 spiro atoms. The predicted molar refractivity (Wildman–Crippen MR) is 65.4 cm³/mol. The van der Waals surface area contributed by atoms with Crippen molar-refractivity contribution in [2.45, 2.75) is 33.4 Å². The minimum atomic E-state index is -0.437. The van der Waals surface area contributed by atoms with Crippen LogP contribution in [0.5, 0.6) is 0 Å². The number of nitrogens with one attached hydrogen (secondary N) is 2. The Hall–Kier alpha value is -2.52. The number of tetrazole rings is 1. The largest absolute Gasteiger partial charge is 0.357 e. The molecule has 2 N–H and O–H groups in total. The van der Waals surface area contributed by atoms with Crippen LogP contribution in [-0.2, 0) is 13.1 Å². The Kier molecular flexibility index (Phi) is 3.68. The Bertz CT molecular complexity index is 561. The van der Waals surface area contributed by atoms with Crippen LogP contribution >= 0.6 is 0 Å². The van der Waals surface area contributed by atoms with Crippen LogP contribution in [0, 0.1) is 17.0 Å². The fraction of sp³-hybridized carbons (Fsp3) is 0.556. The van der Waals surface area contributed by atoms with Crippen LogP contribution in [0.1, 0.15) is 24.9 Å². The van der Waals surface area contributed by atoms with E-state index < -0.39 is 4.92 Å². The minimum absolute atomic E-state index is 0.0167. The first kappa shape index (κ1) is 12.9. The van der Waals surface area contributed by atoms with E-state index in [0.717, 1.165) is 6.42 Å². The number of H-pyrrole nitrogens is 1. The van der Waals surface area contributed by atoms with Crippen LogP contribution < -0.4 is 5.32 Å². The third-order valence-corrected chi connectivity index (χ3v) is 2.52. The minimum Gasteiger partial charge on any atom is -0.357 e. The summed E-state index contributed by atoms with van der Waals surface area (Å²) < 4.78 is 1.59. The molecule has 0 radical (unpaired) electrons. The third kappa shape index (κ3) is 2.67. The highest BCUT2D eigenvalue weighted by Crippen LogP contribution is 2.28. The van der Waals surface area contributed by atoms with Crippen molar-refractivity contribution in [1.29, 1.82) is 0 Å². The van der Waals surface area contributed by atoms with Crippen molar-refractivity contribution in [2.24, 2.45) is 0 Å². The number of hydrogen-bond acceptors (Lipinski definition) is 7. The monoisotopic (exact) mass is 266 g/mol. The van der Waals surface area contributed by atoms with Gasteiger partial charge in [-0.3, -0.25) is 10.1 Å². The Morgan fingerprint density at radius 3 is 2.89 bits per heavy atom. The Morgan fingerprint density at radius 2 is 2.32 bits per heavy atom. The lowest BCUT2D eigenvalue weighted by Gasteiger charge is -2.06. The standard InChI is InChI=1S/C9H14N8O2/c1-3-4-16-9(8(17(18)19)6(2)13-16)10-5-7-11-14-15-12-7/h10H,3-5H2,1-2H3,(H,11,12,14,15). The van der Waals surface area contributed by atoms with Gasteiger partial charge in [-0.25, -0.2) is 4.68 Å². The number of hydrogen-bond donors (Lipinski definition) is 2. The number of nitrogens with zero attached hydrogens (tertiary/aromatic N) is 6. The lowest BCUT2D eigenvalue weighted by Crippen LogP contribution is -2.10. The molecule has 2 aromatic rings. The highest BCUT2D eigenvalue weighted by Gasteiger charge is 2.25. The molecule has 0 fully saturated rings. The van der Waals surface area contributed by atoms with Crippen molar-refractivity contribution < 1.29 is 4.92 Å². The quantitative estimate of drug-likeness (QED) is 0.579. The summed E-state index contributed by atoms with van der Waals surface area (Å²) in [4.78, 5) is 10.6. The lowest BCUT2D eigenvalue weighted by atomic mass is 10.3. The molecular weight excluding hydrogens is 252 g/mol. The van der Waals surface area contributed by atoms with E-state index >= 15 is 0 Å². The molecule has 0 bridgehead atoms. The SMILES string of the molecule is CCCn1nc(C)c([N+](=O)[O-])c1NCc1nn[nH]n1. The van der Waals surface area contributed by atoms with Gasteiger partial charge in [-0.2, -0.15) is 10.3 Å². The molecule has 10 heteroatoms. The van der Waals surface area contributed by atoms with Crippen LogP contribution in [0.2, 0.25) is 0 Å². The number of anilines is 1. The Morgan fingerprint density at radius 1 is 1.53 bits per heavy atom. The van der Waals surface area contributed by atoms with E-state index in [9.17, 15) is 10.1 Å². The molecule has 0 aliphatic rings. The van der Waals surface area contributed by atoms with E-state index in [-0.39, 0.29) is 12.2 Å². The second-order valence-corrected chi connectivity index (χ2v) is 3.94. The van der Waals surface area contributed by atoms with Crippen LogP contribution in [-0.4, -0.2) is 35.3 Å². The van der Waals surface area contributed by atoms with E-state index in [0.29, 0.717) is 23.9 Å². The molecule has 0 aromatic carbocycles. The normalized spacial score (nSPS) is 10.6. The van der Waals surface area contributed by atoms with Crippen molar-refractivity contribution in [3.05, 3.63) is 21.6 Å². The summed E-state index contributed by atoms with van der Waals surface area (Å²) in [7, 11) is 0. The van der Waals surface area contributed by atoms with Gasteiger partial charge in [0.2, 0.25) is 5.82 Å². The van der Waals surface area contributed by atoms with Crippen molar-refractivity contribution in [1.82, 2.24) is 30.4 Å². The van der Waals surface area contributed by atoms with Gasteiger partial charge in [-0.05, 0) is 13.3 Å². The van der Waals surface area contributed by atoms with Crippen molar-refractivity contribution in [3.63, 3.8) is 0 Å². The van der Waals surface area contributed by atoms with Gasteiger partial charge in [-0.15, -0.1) is 10.2 Å². The molecule has 0 unspecified atom stereocenters. The summed E-state index contributed by atoms with van der Waals surface area (Å²) in [5.74, 6) is 0.797. The summed E-state index contributed by atoms with van der Waals surface area (Å²) in [6.07, 6.45) is 0.829. The van der Waals surface area contributed by atoms with Gasteiger partial charge in [0.05, 0.1) is 11.5 Å². The zero-order valence-corrected chi connectivity index (χ0v) is 10.6. The van der Waals surface area contributed by atoms with E-state index in [4.69, 9.17) is 0 Å². The fourth-order valence-electron chi connectivity index (χ4n) is 1.76. The van der Waals surface area contributed by atoms with Gasteiger partial charge >= 0.3 is 5.69 Å². The van der Waals surface area contributed by atoms with Crippen molar-refractivity contribution in [2.75, 3.05) is 5.32 Å². The molecule has 0 saturated heterocycles. The average molecular weight is 266 g/mol. The van der Waals surface area contributed by atoms with Gasteiger partial charge < -0.3 is 5.32 Å². The number of aryl methyl sites for hydroxylation is 2. The number of rotatable bonds is 6. The molecule has 19 heavy (non-hydrogen) atoms. The topological polar surface area (TPSA) is 127 Å². The van der Waals surface area contributed by atoms with Crippen LogP contribution in [0.15, 0.2) is 0 Å². The van der Waals surface area contributed by atoms with Gasteiger partial charge in [-0.1, -0.05) is 12.1 Å². The zero-order valence-electron chi connectivity index (χ0n) is 10.6. The molecule has 0 saturated carbocycles. The smallest absolute Gasteiger partial charge is 0.333 e. The van der Waals surface area contributed by atoms with Gasteiger partial charge in [0, 0.05) is 6.54 Å². The maximum atomic E-state index is 11.1. The van der Waals surface area contributed by atoms with Gasteiger partial charge in [0.25, 0.3) is 0 Å². The number of nitro groups is 1. The first-order chi connectivity index (χ1) is 9.13. The summed E-state index contributed by atoms with van der Waals surface area (Å²) in [6.45, 7) is 4.44. The van der Waals surface area contributed by atoms with Gasteiger partial charge in [0.1, 0.15) is 5.69 Å². The van der Waals surface area contributed by atoms with E-state index in [1.54, 1.807) is 11.6 Å². The lowest BCUT2D eigenvalue weighted by molar-refractivity contribution is -0.384. The molecule has 0 amide bonds. The third-order valence-electron chi connectivity index (χ3n) is 2.52. The van der Waals surface area contributed by atoms with E-state index in [1.165, 1.54) is 0 Å². The molecule has 2 rings (SSSR count). The summed E-state index contributed by atoms with van der Waals surface area (Å²) in [5.41, 5.74) is 0.367. The molecule has 102 valence electrons. The number of aromatic nitrogens is 6. The second-order valence-electron chi connectivity index (χ2n) is 3.94. The van der Waals surface area contributed by atoms with Crippen molar-refractivity contribution >= 4 is 11.5 Å². The summed E-state index contributed by atoms with van der Waals surface area (Å²) >= 11 is 0. The van der Waals surface area contributed by atoms with Crippen LogP contribution in [0.25, 0.3) is 0 Å². The summed E-state index contributed by atoms with van der Waals surface area (Å²) in [5, 5.41) is 31.5. The van der Waals surface area contributed by atoms with Gasteiger partial charge in [0.15, 0.2) is 5.82 Å². The summed E-state index contributed by atoms with van der Waals surface area (Å²) in [6, 6.07) is 0. The Labute approximate surface area is 108 Å².